The minimum atomic E-state index is -0.255. The maximum Gasteiger partial charge on any atom is 0.313 e. The number of carbonyl (C=O) groups excluding carboxylic acids is 1. The zero-order valence-electron chi connectivity index (χ0n) is 10.9. The molecule has 0 spiro atoms. The molecule has 1 unspecified atom stereocenters. The van der Waals surface area contributed by atoms with Gasteiger partial charge in [-0.1, -0.05) is 48.2 Å². The normalized spacial score (nSPS) is 12.2. The van der Waals surface area contributed by atoms with Crippen LogP contribution in [0.2, 0.25) is 0 Å². The van der Waals surface area contributed by atoms with E-state index < -0.39 is 0 Å². The SMILES string of the molecule is CCCCCC(C(=O)OC)c1ccc(Br)cc1N. The third-order valence-corrected chi connectivity index (χ3v) is 3.50. The summed E-state index contributed by atoms with van der Waals surface area (Å²) in [6, 6.07) is 5.62. The summed E-state index contributed by atoms with van der Waals surface area (Å²) in [6.45, 7) is 2.14. The van der Waals surface area contributed by atoms with Crippen LogP contribution in [0, 0.1) is 0 Å². The molecule has 0 bridgehead atoms. The van der Waals surface area contributed by atoms with Gasteiger partial charge in [0.1, 0.15) is 0 Å². The van der Waals surface area contributed by atoms with Crippen molar-refractivity contribution in [2.24, 2.45) is 0 Å². The van der Waals surface area contributed by atoms with Crippen LogP contribution in [0.4, 0.5) is 5.69 Å². The van der Waals surface area contributed by atoms with Gasteiger partial charge in [-0.15, -0.1) is 0 Å². The van der Waals surface area contributed by atoms with E-state index in [1.54, 1.807) is 0 Å². The van der Waals surface area contributed by atoms with Gasteiger partial charge in [0, 0.05) is 10.2 Å². The summed E-state index contributed by atoms with van der Waals surface area (Å²) < 4.78 is 5.79. The molecular weight excluding hydrogens is 294 g/mol. The number of hydrogen-bond donors (Lipinski definition) is 1. The van der Waals surface area contributed by atoms with Gasteiger partial charge in [0.15, 0.2) is 0 Å². The van der Waals surface area contributed by atoms with Gasteiger partial charge < -0.3 is 10.5 Å². The van der Waals surface area contributed by atoms with E-state index in [2.05, 4.69) is 22.9 Å². The number of anilines is 1. The smallest absolute Gasteiger partial charge is 0.313 e. The van der Waals surface area contributed by atoms with E-state index in [1.807, 2.05) is 18.2 Å². The van der Waals surface area contributed by atoms with Crippen molar-refractivity contribution in [3.8, 4) is 0 Å². The largest absolute Gasteiger partial charge is 0.469 e. The minimum absolute atomic E-state index is 0.208. The van der Waals surface area contributed by atoms with Crippen LogP contribution in [0.3, 0.4) is 0 Å². The van der Waals surface area contributed by atoms with Crippen LogP contribution in [0.1, 0.15) is 44.1 Å². The fourth-order valence-corrected chi connectivity index (χ4v) is 2.38. The summed E-state index contributed by atoms with van der Waals surface area (Å²) in [4.78, 5) is 11.9. The van der Waals surface area contributed by atoms with Crippen molar-refractivity contribution in [2.45, 2.75) is 38.5 Å². The molecular formula is C14H20BrNO2. The predicted molar refractivity (Wildman–Crippen MR) is 77.5 cm³/mol. The zero-order valence-corrected chi connectivity index (χ0v) is 12.5. The van der Waals surface area contributed by atoms with Crippen molar-refractivity contribution in [3.05, 3.63) is 28.2 Å². The van der Waals surface area contributed by atoms with Crippen molar-refractivity contribution >= 4 is 27.6 Å². The average Bonchev–Trinajstić information content (AvgIpc) is 2.35. The lowest BCUT2D eigenvalue weighted by atomic mass is 9.92. The highest BCUT2D eigenvalue weighted by Gasteiger charge is 2.22. The molecule has 0 aromatic heterocycles. The van der Waals surface area contributed by atoms with Crippen LogP contribution in [0.5, 0.6) is 0 Å². The van der Waals surface area contributed by atoms with Crippen LogP contribution in [0.25, 0.3) is 0 Å². The molecule has 0 aliphatic heterocycles. The summed E-state index contributed by atoms with van der Waals surface area (Å²) >= 11 is 3.37. The molecule has 0 heterocycles. The molecule has 0 radical (unpaired) electrons. The molecule has 3 nitrogen and oxygen atoms in total. The van der Waals surface area contributed by atoms with Crippen molar-refractivity contribution in [3.63, 3.8) is 0 Å². The molecule has 0 saturated heterocycles. The van der Waals surface area contributed by atoms with Crippen LogP contribution >= 0.6 is 15.9 Å². The molecule has 4 heteroatoms. The number of halogens is 1. The fourth-order valence-electron chi connectivity index (χ4n) is 2.00. The standard InChI is InChI=1S/C14H20BrNO2/c1-3-4-5-6-12(14(17)18-2)11-8-7-10(15)9-13(11)16/h7-9,12H,3-6,16H2,1-2H3. The first-order valence-electron chi connectivity index (χ1n) is 6.22. The molecule has 0 fully saturated rings. The topological polar surface area (TPSA) is 52.3 Å². The molecule has 1 atom stereocenters. The van der Waals surface area contributed by atoms with E-state index in [1.165, 1.54) is 7.11 Å². The van der Waals surface area contributed by atoms with E-state index >= 15 is 0 Å². The second-order valence-electron chi connectivity index (χ2n) is 4.34. The van der Waals surface area contributed by atoms with Crippen molar-refractivity contribution in [1.29, 1.82) is 0 Å². The second kappa shape index (κ2) is 7.41. The van der Waals surface area contributed by atoms with Gasteiger partial charge in [-0.25, -0.2) is 0 Å². The van der Waals surface area contributed by atoms with Crippen molar-refractivity contribution in [1.82, 2.24) is 0 Å². The number of esters is 1. The Bertz CT molecular complexity index is 407. The Morgan fingerprint density at radius 3 is 2.72 bits per heavy atom. The maximum atomic E-state index is 11.9. The number of ether oxygens (including phenoxy) is 1. The lowest BCUT2D eigenvalue weighted by molar-refractivity contribution is -0.142. The van der Waals surface area contributed by atoms with Crippen LogP contribution in [0.15, 0.2) is 22.7 Å². The minimum Gasteiger partial charge on any atom is -0.469 e. The first kappa shape index (κ1) is 15.0. The number of unbranched alkanes of at least 4 members (excludes halogenated alkanes) is 2. The Labute approximate surface area is 117 Å². The van der Waals surface area contributed by atoms with E-state index in [4.69, 9.17) is 10.5 Å². The van der Waals surface area contributed by atoms with Gasteiger partial charge in [0.25, 0.3) is 0 Å². The number of nitrogens with two attached hydrogens (primary N) is 1. The van der Waals surface area contributed by atoms with Gasteiger partial charge >= 0.3 is 5.97 Å². The second-order valence-corrected chi connectivity index (χ2v) is 5.26. The zero-order chi connectivity index (χ0) is 13.5. The Morgan fingerprint density at radius 1 is 1.44 bits per heavy atom. The Balaban J connectivity index is 2.90. The van der Waals surface area contributed by atoms with Gasteiger partial charge in [-0.2, -0.15) is 0 Å². The van der Waals surface area contributed by atoms with E-state index in [-0.39, 0.29) is 11.9 Å². The Hall–Kier alpha value is -1.03. The highest BCUT2D eigenvalue weighted by atomic mass is 79.9. The number of methoxy groups -OCH3 is 1. The third-order valence-electron chi connectivity index (χ3n) is 3.01. The van der Waals surface area contributed by atoms with E-state index in [0.717, 1.165) is 35.7 Å². The van der Waals surface area contributed by atoms with Crippen LogP contribution in [-0.4, -0.2) is 13.1 Å². The molecule has 0 amide bonds. The van der Waals surface area contributed by atoms with Gasteiger partial charge in [0.05, 0.1) is 13.0 Å². The maximum absolute atomic E-state index is 11.9. The molecule has 18 heavy (non-hydrogen) atoms. The fraction of sp³-hybridized carbons (Fsp3) is 0.500. The number of rotatable bonds is 6. The molecule has 1 rings (SSSR count). The highest BCUT2D eigenvalue weighted by Crippen LogP contribution is 2.30. The lowest BCUT2D eigenvalue weighted by Gasteiger charge is -2.17. The molecule has 1 aromatic rings. The average molecular weight is 314 g/mol. The van der Waals surface area contributed by atoms with Gasteiger partial charge in [0.2, 0.25) is 0 Å². The number of hydrogen-bond acceptors (Lipinski definition) is 3. The molecule has 0 saturated carbocycles. The van der Waals surface area contributed by atoms with Gasteiger partial charge in [-0.05, 0) is 24.1 Å². The Kier molecular flexibility index (Phi) is 6.19. The highest BCUT2D eigenvalue weighted by molar-refractivity contribution is 9.10. The quantitative estimate of drug-likeness (QED) is 0.493. The predicted octanol–water partition coefficient (Wildman–Crippen LogP) is 3.87. The van der Waals surface area contributed by atoms with Crippen molar-refractivity contribution < 1.29 is 9.53 Å². The van der Waals surface area contributed by atoms with E-state index in [0.29, 0.717) is 5.69 Å². The molecule has 1 aromatic carbocycles. The molecule has 2 N–H and O–H groups in total. The molecule has 0 aliphatic carbocycles. The molecule has 100 valence electrons. The monoisotopic (exact) mass is 313 g/mol. The van der Waals surface area contributed by atoms with Crippen molar-refractivity contribution in [2.75, 3.05) is 12.8 Å². The summed E-state index contributed by atoms with van der Waals surface area (Å²) in [5.74, 6) is -0.463. The lowest BCUT2D eigenvalue weighted by Crippen LogP contribution is -2.16. The first-order chi connectivity index (χ1) is 8.60. The Morgan fingerprint density at radius 2 is 2.17 bits per heavy atom. The van der Waals surface area contributed by atoms with E-state index in [9.17, 15) is 4.79 Å². The summed E-state index contributed by atoms with van der Waals surface area (Å²) in [7, 11) is 1.42. The van der Waals surface area contributed by atoms with Crippen LogP contribution in [-0.2, 0) is 9.53 Å². The first-order valence-corrected chi connectivity index (χ1v) is 7.02. The van der Waals surface area contributed by atoms with Gasteiger partial charge in [-0.3, -0.25) is 4.79 Å². The molecule has 0 aliphatic rings. The third kappa shape index (κ3) is 4.02. The summed E-state index contributed by atoms with van der Waals surface area (Å²) in [5.41, 5.74) is 7.48. The van der Waals surface area contributed by atoms with Crippen LogP contribution < -0.4 is 5.73 Å². The summed E-state index contributed by atoms with van der Waals surface area (Å²) in [5, 5.41) is 0. The number of nitrogen functional groups attached to an aromatic ring is 1. The summed E-state index contributed by atoms with van der Waals surface area (Å²) in [6.07, 6.45) is 4.03. The number of benzene rings is 1. The number of carbonyl (C=O) groups is 1.